The molecule has 1 fully saturated rings. The number of carbonyl (C=O) groups is 1. The van der Waals surface area contributed by atoms with Crippen molar-refractivity contribution in [3.63, 3.8) is 0 Å². The van der Waals surface area contributed by atoms with Crippen molar-refractivity contribution in [3.05, 3.63) is 47.4 Å². The molecular weight excluding hydrogens is 454 g/mol. The Morgan fingerprint density at radius 3 is 2.76 bits per heavy atom. The molecule has 1 unspecified atom stereocenters. The minimum absolute atomic E-state index is 0.0219. The zero-order chi connectivity index (χ0) is 23.7. The second kappa shape index (κ2) is 9.51. The molecule has 0 saturated carbocycles. The van der Waals surface area contributed by atoms with Crippen LogP contribution in [0.2, 0.25) is 0 Å². The van der Waals surface area contributed by atoms with E-state index in [0.717, 1.165) is 23.5 Å². The Morgan fingerprint density at radius 1 is 1.33 bits per heavy atom. The minimum Gasteiger partial charge on any atom is -0.389 e. The van der Waals surface area contributed by atoms with Crippen molar-refractivity contribution in [2.24, 2.45) is 12.8 Å². The molecule has 0 radical (unpaired) electrons. The van der Waals surface area contributed by atoms with Crippen molar-refractivity contribution >= 4 is 27.9 Å². The zero-order valence-corrected chi connectivity index (χ0v) is 18.9. The maximum absolute atomic E-state index is 14.1. The molecule has 0 bridgehead atoms. The second-order valence-electron chi connectivity index (χ2n) is 7.69. The van der Waals surface area contributed by atoms with Gasteiger partial charge >= 0.3 is 0 Å². The number of thiazole rings is 1. The number of nitrogens with one attached hydrogen (secondary N) is 1. The first-order valence-corrected chi connectivity index (χ1v) is 11.1. The van der Waals surface area contributed by atoms with Crippen molar-refractivity contribution in [1.29, 1.82) is 0 Å². The van der Waals surface area contributed by atoms with E-state index >= 15 is 0 Å². The number of carbonyl (C=O) groups excluding carboxylic acids is 1. The van der Waals surface area contributed by atoms with E-state index in [2.05, 4.69) is 15.4 Å². The van der Waals surface area contributed by atoms with Gasteiger partial charge in [0.05, 0.1) is 35.9 Å². The van der Waals surface area contributed by atoms with Gasteiger partial charge in [0, 0.05) is 20.2 Å². The Kier molecular flexibility index (Phi) is 6.70. The van der Waals surface area contributed by atoms with E-state index in [-0.39, 0.29) is 39.5 Å². The number of rotatable bonds is 5. The molecule has 1 aliphatic heterocycles. The summed E-state index contributed by atoms with van der Waals surface area (Å²) < 4.78 is 41.3. The van der Waals surface area contributed by atoms with Gasteiger partial charge in [-0.3, -0.25) is 9.48 Å². The lowest BCUT2D eigenvalue weighted by molar-refractivity contribution is -0.0211. The van der Waals surface area contributed by atoms with Gasteiger partial charge < -0.3 is 26.3 Å². The molecular formula is C21H24F2N6O3S. The molecule has 3 atom stereocenters. The largest absolute Gasteiger partial charge is 0.389 e. The highest BCUT2D eigenvalue weighted by Gasteiger charge is 2.30. The van der Waals surface area contributed by atoms with Crippen LogP contribution in [0.3, 0.4) is 0 Å². The normalized spacial score (nSPS) is 21.1. The van der Waals surface area contributed by atoms with Crippen molar-refractivity contribution in [1.82, 2.24) is 14.8 Å². The summed E-state index contributed by atoms with van der Waals surface area (Å²) in [7, 11) is 3.33. The number of halogens is 2. The Balaban J connectivity index is 1.58. The standard InChI is InChI=1S/C21H24F2N6O3S/c1-29-18(14-7-6-12(24)15(31-2)9-32-14)13(8-26-29)27-20(30)17-19(25)33-21(28-17)16-10(22)4-3-5-11(16)23/h3-5,8,12,14-15H,6-7,9,24-25H2,1-2H3,(H,27,30)/t12-,14?,15-/m1/s1. The maximum atomic E-state index is 14.1. The van der Waals surface area contributed by atoms with E-state index in [9.17, 15) is 13.6 Å². The van der Waals surface area contributed by atoms with Gasteiger partial charge in [0.1, 0.15) is 27.7 Å². The van der Waals surface area contributed by atoms with Crippen LogP contribution >= 0.6 is 11.3 Å². The van der Waals surface area contributed by atoms with Gasteiger partial charge in [-0.2, -0.15) is 5.10 Å². The number of nitrogen functional groups attached to an aromatic ring is 1. The van der Waals surface area contributed by atoms with Crippen molar-refractivity contribution in [2.45, 2.75) is 31.1 Å². The number of methoxy groups -OCH3 is 1. The number of benzene rings is 1. The first kappa shape index (κ1) is 23.2. The monoisotopic (exact) mass is 478 g/mol. The number of amides is 1. The lowest BCUT2D eigenvalue weighted by atomic mass is 10.0. The number of nitrogens with two attached hydrogens (primary N) is 2. The smallest absolute Gasteiger partial charge is 0.277 e. The lowest BCUT2D eigenvalue weighted by Gasteiger charge is -2.19. The van der Waals surface area contributed by atoms with Crippen molar-refractivity contribution in [3.8, 4) is 10.6 Å². The summed E-state index contributed by atoms with van der Waals surface area (Å²) in [5.74, 6) is -2.20. The molecule has 3 heterocycles. The highest BCUT2D eigenvalue weighted by Crippen LogP contribution is 2.35. The number of hydrogen-bond donors (Lipinski definition) is 3. The molecule has 0 aliphatic carbocycles. The Bertz CT molecular complexity index is 1150. The summed E-state index contributed by atoms with van der Waals surface area (Å²) in [5, 5.41) is 7.00. The molecule has 0 spiro atoms. The molecule has 12 heteroatoms. The number of ether oxygens (including phenoxy) is 2. The minimum atomic E-state index is -0.789. The van der Waals surface area contributed by atoms with Crippen LogP contribution in [0.15, 0.2) is 24.4 Å². The van der Waals surface area contributed by atoms with Crippen LogP contribution in [0.25, 0.3) is 10.6 Å². The fourth-order valence-electron chi connectivity index (χ4n) is 3.82. The number of anilines is 2. The van der Waals surface area contributed by atoms with Crippen LogP contribution < -0.4 is 16.8 Å². The van der Waals surface area contributed by atoms with E-state index in [4.69, 9.17) is 20.9 Å². The quantitative estimate of drug-likeness (QED) is 0.514. The summed E-state index contributed by atoms with van der Waals surface area (Å²) in [5.41, 5.74) is 12.7. The van der Waals surface area contributed by atoms with E-state index < -0.39 is 17.5 Å². The molecule has 1 aromatic carbocycles. The average molecular weight is 479 g/mol. The highest BCUT2D eigenvalue weighted by molar-refractivity contribution is 7.19. The SMILES string of the molecule is CO[C@@H]1COC(c2c(NC(=O)c3nc(-c4c(F)cccc4F)sc3N)cnn2C)CC[C@H]1N. The third-order valence-electron chi connectivity index (χ3n) is 5.59. The zero-order valence-electron chi connectivity index (χ0n) is 18.0. The van der Waals surface area contributed by atoms with Gasteiger partial charge in [-0.25, -0.2) is 13.8 Å². The second-order valence-corrected chi connectivity index (χ2v) is 8.72. The van der Waals surface area contributed by atoms with Gasteiger partial charge in [-0.15, -0.1) is 0 Å². The summed E-state index contributed by atoms with van der Waals surface area (Å²) in [6.07, 6.45) is 2.18. The van der Waals surface area contributed by atoms with Gasteiger partial charge in [0.15, 0.2) is 5.69 Å². The van der Waals surface area contributed by atoms with Crippen molar-refractivity contribution < 1.29 is 23.0 Å². The Hall–Kier alpha value is -2.93. The van der Waals surface area contributed by atoms with Crippen molar-refractivity contribution in [2.75, 3.05) is 24.8 Å². The van der Waals surface area contributed by atoms with Crippen LogP contribution in [-0.4, -0.2) is 46.5 Å². The Labute approximate surface area is 192 Å². The number of nitrogens with zero attached hydrogens (tertiary/aromatic N) is 3. The molecule has 1 amide bonds. The molecule has 176 valence electrons. The first-order valence-electron chi connectivity index (χ1n) is 10.2. The number of hydrogen-bond acceptors (Lipinski definition) is 8. The summed E-state index contributed by atoms with van der Waals surface area (Å²) in [6, 6.07) is 3.31. The molecule has 2 aromatic heterocycles. The summed E-state index contributed by atoms with van der Waals surface area (Å²) in [4.78, 5) is 17.1. The molecule has 3 aromatic rings. The lowest BCUT2D eigenvalue weighted by Crippen LogP contribution is -2.37. The van der Waals surface area contributed by atoms with E-state index in [1.54, 1.807) is 18.8 Å². The van der Waals surface area contributed by atoms with Gasteiger partial charge in [0.25, 0.3) is 5.91 Å². The Morgan fingerprint density at radius 2 is 2.06 bits per heavy atom. The third-order valence-corrected chi connectivity index (χ3v) is 6.49. The van der Waals surface area contributed by atoms with Crippen LogP contribution in [0.1, 0.15) is 35.1 Å². The molecule has 5 N–H and O–H groups in total. The summed E-state index contributed by atoms with van der Waals surface area (Å²) in [6.45, 7) is 0.303. The van der Waals surface area contributed by atoms with Crippen LogP contribution in [0.4, 0.5) is 19.5 Å². The van der Waals surface area contributed by atoms with Gasteiger partial charge in [0.2, 0.25) is 0 Å². The van der Waals surface area contributed by atoms with E-state index in [1.807, 2.05) is 0 Å². The van der Waals surface area contributed by atoms with E-state index in [0.29, 0.717) is 30.8 Å². The predicted octanol–water partition coefficient (Wildman–Crippen LogP) is 2.85. The van der Waals surface area contributed by atoms with Crippen LogP contribution in [-0.2, 0) is 16.5 Å². The number of aryl methyl sites for hydroxylation is 1. The molecule has 9 nitrogen and oxygen atoms in total. The molecule has 1 aliphatic rings. The summed E-state index contributed by atoms with van der Waals surface area (Å²) >= 11 is 0.830. The topological polar surface area (TPSA) is 130 Å². The first-order chi connectivity index (χ1) is 15.8. The number of aromatic nitrogens is 3. The highest BCUT2D eigenvalue weighted by atomic mass is 32.1. The molecule has 33 heavy (non-hydrogen) atoms. The van der Waals surface area contributed by atoms with Crippen LogP contribution in [0, 0.1) is 11.6 Å². The predicted molar refractivity (Wildman–Crippen MR) is 120 cm³/mol. The molecule has 1 saturated heterocycles. The fraction of sp³-hybridized carbons (Fsp3) is 0.381. The average Bonchev–Trinajstić information content (AvgIpc) is 3.26. The maximum Gasteiger partial charge on any atom is 0.277 e. The fourth-order valence-corrected chi connectivity index (χ4v) is 4.69. The van der Waals surface area contributed by atoms with Gasteiger partial charge in [-0.05, 0) is 25.0 Å². The third kappa shape index (κ3) is 4.60. The van der Waals surface area contributed by atoms with E-state index in [1.165, 1.54) is 12.3 Å². The molecule has 4 rings (SSSR count). The van der Waals surface area contributed by atoms with Gasteiger partial charge in [-0.1, -0.05) is 17.4 Å². The van der Waals surface area contributed by atoms with Crippen LogP contribution in [0.5, 0.6) is 0 Å².